The molecule has 70 valence electrons. The largest absolute Gasteiger partial charge is 0.361 e. The van der Waals surface area contributed by atoms with Gasteiger partial charge in [0, 0.05) is 26.1 Å². The molecule has 0 aromatic rings. The number of amidine groups is 1. The number of nitrogens with one attached hydrogen (secondary N) is 1. The Morgan fingerprint density at radius 3 is 2.42 bits per heavy atom. The molecule has 0 aromatic carbocycles. The summed E-state index contributed by atoms with van der Waals surface area (Å²) in [6.45, 7) is 3.20. The Morgan fingerprint density at radius 1 is 1.33 bits per heavy atom. The molecule has 0 unspecified atom stereocenters. The zero-order chi connectivity index (χ0) is 8.97. The minimum Gasteiger partial charge on any atom is -0.361 e. The molecule has 0 aromatic heterocycles. The van der Waals surface area contributed by atoms with Gasteiger partial charge < -0.3 is 9.80 Å². The summed E-state index contributed by atoms with van der Waals surface area (Å²) < 4.78 is 0. The SMILES string of the molecule is CN(C)CCC(=N)N1CCCC1. The predicted molar refractivity (Wildman–Crippen MR) is 51.7 cm³/mol. The van der Waals surface area contributed by atoms with E-state index in [2.05, 4.69) is 23.9 Å². The van der Waals surface area contributed by atoms with Crippen LogP contribution < -0.4 is 0 Å². The second-order valence-corrected chi connectivity index (χ2v) is 3.69. The zero-order valence-electron chi connectivity index (χ0n) is 8.14. The minimum atomic E-state index is 0.821. The van der Waals surface area contributed by atoms with E-state index in [4.69, 9.17) is 5.41 Å². The van der Waals surface area contributed by atoms with Crippen molar-refractivity contribution in [2.45, 2.75) is 19.3 Å². The van der Waals surface area contributed by atoms with E-state index in [1.165, 1.54) is 12.8 Å². The van der Waals surface area contributed by atoms with Crippen molar-refractivity contribution >= 4 is 5.84 Å². The summed E-state index contributed by atoms with van der Waals surface area (Å²) in [7, 11) is 4.11. The van der Waals surface area contributed by atoms with E-state index in [1.807, 2.05) is 0 Å². The summed E-state index contributed by atoms with van der Waals surface area (Å²) >= 11 is 0. The highest BCUT2D eigenvalue weighted by Gasteiger charge is 2.14. The maximum Gasteiger partial charge on any atom is 0.0970 e. The number of hydrogen-bond acceptors (Lipinski definition) is 2. The molecule has 1 heterocycles. The van der Waals surface area contributed by atoms with Crippen molar-refractivity contribution in [3.63, 3.8) is 0 Å². The van der Waals surface area contributed by atoms with Crippen molar-refractivity contribution < 1.29 is 0 Å². The topological polar surface area (TPSA) is 30.3 Å². The van der Waals surface area contributed by atoms with Gasteiger partial charge in [0.25, 0.3) is 0 Å². The molecular weight excluding hydrogens is 150 g/mol. The third-order valence-electron chi connectivity index (χ3n) is 2.28. The third-order valence-corrected chi connectivity index (χ3v) is 2.28. The minimum absolute atomic E-state index is 0.821. The number of likely N-dealkylation sites (tertiary alicyclic amines) is 1. The summed E-state index contributed by atoms with van der Waals surface area (Å²) in [5, 5.41) is 7.78. The standard InChI is InChI=1S/C9H19N3/c1-11(2)8-5-9(10)12-6-3-4-7-12/h10H,3-8H2,1-2H3. The van der Waals surface area contributed by atoms with Crippen molar-refractivity contribution in [2.75, 3.05) is 33.7 Å². The summed E-state index contributed by atoms with van der Waals surface area (Å²) in [5.41, 5.74) is 0. The smallest absolute Gasteiger partial charge is 0.0970 e. The molecule has 1 N–H and O–H groups in total. The lowest BCUT2D eigenvalue weighted by atomic mass is 10.3. The lowest BCUT2D eigenvalue weighted by Gasteiger charge is -2.19. The van der Waals surface area contributed by atoms with Crippen molar-refractivity contribution in [2.24, 2.45) is 0 Å². The molecule has 1 aliphatic rings. The van der Waals surface area contributed by atoms with Crippen LogP contribution in [-0.2, 0) is 0 Å². The molecular formula is C9H19N3. The predicted octanol–water partition coefficient (Wildman–Crippen LogP) is 1.01. The van der Waals surface area contributed by atoms with Gasteiger partial charge in [-0.25, -0.2) is 0 Å². The number of rotatable bonds is 3. The van der Waals surface area contributed by atoms with E-state index in [1.54, 1.807) is 0 Å². The van der Waals surface area contributed by atoms with Crippen molar-refractivity contribution in [1.82, 2.24) is 9.80 Å². The summed E-state index contributed by atoms with van der Waals surface area (Å²) in [5.74, 6) is 0.821. The second kappa shape index (κ2) is 4.45. The molecule has 0 atom stereocenters. The van der Waals surface area contributed by atoms with Crippen LogP contribution in [0.15, 0.2) is 0 Å². The third kappa shape index (κ3) is 2.81. The Morgan fingerprint density at radius 2 is 1.92 bits per heavy atom. The van der Waals surface area contributed by atoms with Crippen LogP contribution in [0, 0.1) is 5.41 Å². The Labute approximate surface area is 74.9 Å². The van der Waals surface area contributed by atoms with Gasteiger partial charge in [-0.05, 0) is 26.9 Å². The molecule has 1 aliphatic heterocycles. The van der Waals surface area contributed by atoms with Gasteiger partial charge in [0.1, 0.15) is 0 Å². The summed E-state index contributed by atoms with van der Waals surface area (Å²) in [6.07, 6.45) is 3.43. The lowest BCUT2D eigenvalue weighted by Crippen LogP contribution is -2.29. The van der Waals surface area contributed by atoms with Gasteiger partial charge in [-0.3, -0.25) is 5.41 Å². The first-order valence-corrected chi connectivity index (χ1v) is 4.67. The van der Waals surface area contributed by atoms with Gasteiger partial charge in [-0.15, -0.1) is 0 Å². The Bertz CT molecular complexity index is 148. The first kappa shape index (κ1) is 9.52. The monoisotopic (exact) mass is 169 g/mol. The van der Waals surface area contributed by atoms with Crippen molar-refractivity contribution in [1.29, 1.82) is 5.41 Å². The molecule has 1 saturated heterocycles. The van der Waals surface area contributed by atoms with Crippen LogP contribution in [0.25, 0.3) is 0 Å². The van der Waals surface area contributed by atoms with Gasteiger partial charge in [0.15, 0.2) is 0 Å². The van der Waals surface area contributed by atoms with Crippen LogP contribution in [0.2, 0.25) is 0 Å². The van der Waals surface area contributed by atoms with Crippen LogP contribution in [0.1, 0.15) is 19.3 Å². The van der Waals surface area contributed by atoms with Crippen LogP contribution in [0.3, 0.4) is 0 Å². The molecule has 1 fully saturated rings. The van der Waals surface area contributed by atoms with E-state index in [0.717, 1.165) is 31.9 Å². The van der Waals surface area contributed by atoms with Gasteiger partial charge in [0.05, 0.1) is 5.84 Å². The maximum atomic E-state index is 7.78. The molecule has 3 heteroatoms. The average Bonchev–Trinajstić information content (AvgIpc) is 2.51. The van der Waals surface area contributed by atoms with Crippen LogP contribution in [0.5, 0.6) is 0 Å². The van der Waals surface area contributed by atoms with E-state index in [0.29, 0.717) is 0 Å². The van der Waals surface area contributed by atoms with E-state index >= 15 is 0 Å². The van der Waals surface area contributed by atoms with Crippen LogP contribution >= 0.6 is 0 Å². The molecule has 0 radical (unpaired) electrons. The fourth-order valence-corrected chi connectivity index (χ4v) is 1.47. The highest BCUT2D eigenvalue weighted by atomic mass is 15.2. The van der Waals surface area contributed by atoms with Gasteiger partial charge in [0.2, 0.25) is 0 Å². The Kier molecular flexibility index (Phi) is 3.53. The molecule has 0 amide bonds. The number of hydrogen-bond donors (Lipinski definition) is 1. The highest BCUT2D eigenvalue weighted by Crippen LogP contribution is 2.08. The first-order chi connectivity index (χ1) is 5.70. The Hall–Kier alpha value is -0.570. The van der Waals surface area contributed by atoms with E-state index < -0.39 is 0 Å². The van der Waals surface area contributed by atoms with Gasteiger partial charge in [-0.2, -0.15) is 0 Å². The quantitative estimate of drug-likeness (QED) is 0.505. The second-order valence-electron chi connectivity index (χ2n) is 3.69. The van der Waals surface area contributed by atoms with Crippen LogP contribution in [-0.4, -0.2) is 49.4 Å². The van der Waals surface area contributed by atoms with Gasteiger partial charge in [-0.1, -0.05) is 0 Å². The van der Waals surface area contributed by atoms with Crippen LogP contribution in [0.4, 0.5) is 0 Å². The van der Waals surface area contributed by atoms with Gasteiger partial charge >= 0.3 is 0 Å². The fraction of sp³-hybridized carbons (Fsp3) is 0.889. The van der Waals surface area contributed by atoms with E-state index in [9.17, 15) is 0 Å². The normalized spacial score (nSPS) is 17.4. The number of nitrogens with zero attached hydrogens (tertiary/aromatic N) is 2. The maximum absolute atomic E-state index is 7.78. The molecule has 3 nitrogen and oxygen atoms in total. The molecule has 12 heavy (non-hydrogen) atoms. The van der Waals surface area contributed by atoms with Crippen molar-refractivity contribution in [3.05, 3.63) is 0 Å². The summed E-state index contributed by atoms with van der Waals surface area (Å²) in [6, 6.07) is 0. The highest BCUT2D eigenvalue weighted by molar-refractivity contribution is 5.79. The molecule has 0 saturated carbocycles. The molecule has 0 aliphatic carbocycles. The zero-order valence-corrected chi connectivity index (χ0v) is 8.14. The Balaban J connectivity index is 2.18. The lowest BCUT2D eigenvalue weighted by molar-refractivity contribution is 0.406. The first-order valence-electron chi connectivity index (χ1n) is 4.67. The van der Waals surface area contributed by atoms with Crippen molar-refractivity contribution in [3.8, 4) is 0 Å². The fourth-order valence-electron chi connectivity index (χ4n) is 1.47. The molecule has 1 rings (SSSR count). The van der Waals surface area contributed by atoms with E-state index in [-0.39, 0.29) is 0 Å². The molecule has 0 bridgehead atoms. The summed E-state index contributed by atoms with van der Waals surface area (Å²) in [4.78, 5) is 4.33. The average molecular weight is 169 g/mol. The molecule has 0 spiro atoms.